The normalized spacial score (nSPS) is 24.0. The largest absolute Gasteiger partial charge is 0.342 e. The molecule has 1 fully saturated rings. The molecule has 9 heteroatoms. The highest BCUT2D eigenvalue weighted by Gasteiger charge is 2.47. The van der Waals surface area contributed by atoms with Crippen molar-refractivity contribution in [2.45, 2.75) is 44.7 Å². The van der Waals surface area contributed by atoms with Crippen LogP contribution in [-0.2, 0) is 19.8 Å². The van der Waals surface area contributed by atoms with Crippen molar-refractivity contribution in [1.29, 1.82) is 0 Å². The molecule has 2 unspecified atom stereocenters. The fraction of sp³-hybridized carbons (Fsp3) is 0.571. The third-order valence-corrected chi connectivity index (χ3v) is 5.06. The zero-order valence-electron chi connectivity index (χ0n) is 12.8. The lowest BCUT2D eigenvalue weighted by Gasteiger charge is -2.25. The van der Waals surface area contributed by atoms with Crippen LogP contribution in [-0.4, -0.2) is 31.4 Å². The molecule has 0 aliphatic carbocycles. The number of halogens is 2. The Labute approximate surface area is 145 Å². The van der Waals surface area contributed by atoms with Crippen molar-refractivity contribution < 1.29 is 22.4 Å². The van der Waals surface area contributed by atoms with E-state index in [1.165, 1.54) is 0 Å². The Hall–Kier alpha value is -0.410. The fourth-order valence-electron chi connectivity index (χ4n) is 2.62. The first-order chi connectivity index (χ1) is 10.7. The highest BCUT2D eigenvalue weighted by atomic mass is 35.5. The van der Waals surface area contributed by atoms with Gasteiger partial charge in [-0.1, -0.05) is 43.1 Å². The summed E-state index contributed by atoms with van der Waals surface area (Å²) in [6, 6.07) is 5.07. The van der Waals surface area contributed by atoms with E-state index in [-0.39, 0.29) is 6.54 Å². The molecular formula is C14H19Cl2NO5S. The van der Waals surface area contributed by atoms with Gasteiger partial charge in [-0.05, 0) is 25.0 Å². The monoisotopic (exact) mass is 383 g/mol. The molecule has 2 atom stereocenters. The highest BCUT2D eigenvalue weighted by molar-refractivity contribution is 7.83. The number of hydrogen-bond donors (Lipinski definition) is 2. The van der Waals surface area contributed by atoms with Gasteiger partial charge in [-0.3, -0.25) is 4.55 Å². The summed E-state index contributed by atoms with van der Waals surface area (Å²) in [5.74, 6) is -0.848. The minimum atomic E-state index is -4.34. The Morgan fingerprint density at radius 2 is 1.78 bits per heavy atom. The van der Waals surface area contributed by atoms with Crippen molar-refractivity contribution >= 4 is 33.5 Å². The zero-order valence-corrected chi connectivity index (χ0v) is 15.1. The quantitative estimate of drug-likeness (QED) is 0.735. The number of rotatable bonds is 6. The van der Waals surface area contributed by atoms with Crippen LogP contribution in [0.2, 0.25) is 10.0 Å². The van der Waals surface area contributed by atoms with Crippen LogP contribution < -0.4 is 4.72 Å². The molecule has 0 spiro atoms. The summed E-state index contributed by atoms with van der Waals surface area (Å²) in [7, 11) is -4.34. The van der Waals surface area contributed by atoms with Gasteiger partial charge in [-0.15, -0.1) is 0 Å². The van der Waals surface area contributed by atoms with Gasteiger partial charge in [-0.2, -0.15) is 13.1 Å². The number of hydrogen-bond acceptors (Lipinski definition) is 4. The molecule has 1 saturated heterocycles. The lowest BCUT2D eigenvalue weighted by Crippen LogP contribution is -2.36. The Morgan fingerprint density at radius 1 is 1.22 bits per heavy atom. The Morgan fingerprint density at radius 3 is 2.26 bits per heavy atom. The van der Waals surface area contributed by atoms with Crippen LogP contribution in [0.5, 0.6) is 0 Å². The SMILES string of the molecule is CCC1(CC)OC(CNS(=O)(=O)O)C(c2c(Cl)cccc2Cl)O1. The molecule has 0 bridgehead atoms. The van der Waals surface area contributed by atoms with E-state index < -0.39 is 28.3 Å². The van der Waals surface area contributed by atoms with Crippen molar-refractivity contribution in [3.63, 3.8) is 0 Å². The van der Waals surface area contributed by atoms with E-state index in [4.69, 9.17) is 37.2 Å². The Bertz CT molecular complexity index is 643. The maximum atomic E-state index is 11.0. The second-order valence-electron chi connectivity index (χ2n) is 5.27. The fourth-order valence-corrected chi connectivity index (χ4v) is 3.61. The lowest BCUT2D eigenvalue weighted by atomic mass is 10.0. The molecule has 2 rings (SSSR count). The van der Waals surface area contributed by atoms with Crippen molar-refractivity contribution in [2.75, 3.05) is 6.54 Å². The smallest absolute Gasteiger partial charge is 0.333 e. The second-order valence-corrected chi connectivity index (χ2v) is 7.32. The van der Waals surface area contributed by atoms with Crippen LogP contribution in [0.1, 0.15) is 38.4 Å². The highest BCUT2D eigenvalue weighted by Crippen LogP contribution is 2.45. The molecule has 0 radical (unpaired) electrons. The molecule has 0 saturated carbocycles. The summed E-state index contributed by atoms with van der Waals surface area (Å²) >= 11 is 12.5. The lowest BCUT2D eigenvalue weighted by molar-refractivity contribution is -0.179. The summed E-state index contributed by atoms with van der Waals surface area (Å²) in [5, 5.41) is 0.817. The maximum absolute atomic E-state index is 11.0. The van der Waals surface area contributed by atoms with Crippen LogP contribution in [0.25, 0.3) is 0 Å². The molecule has 1 aromatic carbocycles. The second kappa shape index (κ2) is 7.23. The van der Waals surface area contributed by atoms with Crippen LogP contribution in [0.3, 0.4) is 0 Å². The van der Waals surface area contributed by atoms with Gasteiger partial charge in [0.2, 0.25) is 0 Å². The van der Waals surface area contributed by atoms with E-state index in [0.29, 0.717) is 28.5 Å². The number of ether oxygens (including phenoxy) is 2. The number of nitrogens with one attached hydrogen (secondary N) is 1. The van der Waals surface area contributed by atoms with Crippen molar-refractivity contribution in [2.24, 2.45) is 0 Å². The van der Waals surface area contributed by atoms with E-state index >= 15 is 0 Å². The van der Waals surface area contributed by atoms with Gasteiger partial charge in [0.05, 0.1) is 0 Å². The minimum absolute atomic E-state index is 0.160. The van der Waals surface area contributed by atoms with Crippen LogP contribution >= 0.6 is 23.2 Å². The molecule has 23 heavy (non-hydrogen) atoms. The molecule has 1 heterocycles. The van der Waals surface area contributed by atoms with Gasteiger partial charge in [0.25, 0.3) is 0 Å². The molecule has 1 aliphatic rings. The maximum Gasteiger partial charge on any atom is 0.333 e. The topological polar surface area (TPSA) is 84.9 Å². The van der Waals surface area contributed by atoms with Crippen molar-refractivity contribution in [3.05, 3.63) is 33.8 Å². The van der Waals surface area contributed by atoms with Gasteiger partial charge in [0, 0.05) is 22.2 Å². The van der Waals surface area contributed by atoms with Gasteiger partial charge in [0.1, 0.15) is 12.2 Å². The summed E-state index contributed by atoms with van der Waals surface area (Å²) in [5.41, 5.74) is 0.543. The standard InChI is InChI=1S/C14H19Cl2NO5S/c1-3-14(4-2)21-11(8-17-23(18,19)20)13(22-14)12-9(15)6-5-7-10(12)16/h5-7,11,13,17H,3-4,8H2,1-2H3,(H,18,19,20). The predicted octanol–water partition coefficient (Wildman–Crippen LogP) is 3.36. The third-order valence-electron chi connectivity index (χ3n) is 3.87. The molecule has 1 aliphatic heterocycles. The third kappa shape index (κ3) is 4.36. The van der Waals surface area contributed by atoms with Gasteiger partial charge < -0.3 is 9.47 Å². The van der Waals surface area contributed by atoms with E-state index in [1.807, 2.05) is 18.6 Å². The zero-order chi connectivity index (χ0) is 17.3. The van der Waals surface area contributed by atoms with Crippen LogP contribution in [0, 0.1) is 0 Å². The minimum Gasteiger partial charge on any atom is -0.342 e. The molecule has 2 N–H and O–H groups in total. The molecule has 0 amide bonds. The summed E-state index contributed by atoms with van der Waals surface area (Å²) in [6.07, 6.45) is -0.172. The van der Waals surface area contributed by atoms with E-state index in [1.54, 1.807) is 18.2 Å². The average molecular weight is 384 g/mol. The first kappa shape index (κ1) is 18.9. The first-order valence-electron chi connectivity index (χ1n) is 7.23. The first-order valence-corrected chi connectivity index (χ1v) is 9.42. The predicted molar refractivity (Wildman–Crippen MR) is 88.0 cm³/mol. The summed E-state index contributed by atoms with van der Waals surface area (Å²) < 4.78 is 44.9. The number of benzene rings is 1. The van der Waals surface area contributed by atoms with E-state index in [9.17, 15) is 8.42 Å². The molecule has 0 aromatic heterocycles. The van der Waals surface area contributed by atoms with E-state index in [0.717, 1.165) is 0 Å². The average Bonchev–Trinajstić information content (AvgIpc) is 2.84. The Kier molecular flexibility index (Phi) is 5.94. The molecule has 130 valence electrons. The van der Waals surface area contributed by atoms with E-state index in [2.05, 4.69) is 0 Å². The van der Waals surface area contributed by atoms with Gasteiger partial charge >= 0.3 is 10.3 Å². The van der Waals surface area contributed by atoms with Crippen molar-refractivity contribution in [3.8, 4) is 0 Å². The van der Waals surface area contributed by atoms with Crippen LogP contribution in [0.4, 0.5) is 0 Å². The van der Waals surface area contributed by atoms with Crippen LogP contribution in [0.15, 0.2) is 18.2 Å². The Balaban J connectivity index is 2.36. The summed E-state index contributed by atoms with van der Waals surface area (Å²) in [4.78, 5) is 0. The summed E-state index contributed by atoms with van der Waals surface area (Å²) in [6.45, 7) is 3.66. The molecule has 6 nitrogen and oxygen atoms in total. The van der Waals surface area contributed by atoms with Crippen molar-refractivity contribution in [1.82, 2.24) is 4.72 Å². The van der Waals surface area contributed by atoms with Gasteiger partial charge in [-0.25, -0.2) is 0 Å². The van der Waals surface area contributed by atoms with Gasteiger partial charge in [0.15, 0.2) is 5.79 Å². The molecular weight excluding hydrogens is 365 g/mol. The molecule has 1 aromatic rings.